The van der Waals surface area contributed by atoms with Gasteiger partial charge in [-0.2, -0.15) is 0 Å². The molecule has 1 unspecified atom stereocenters. The Hall–Kier alpha value is -0.450. The largest absolute Gasteiger partial charge is 0.396 e. The van der Waals surface area contributed by atoms with Gasteiger partial charge in [0.05, 0.1) is 0 Å². The van der Waals surface area contributed by atoms with Crippen LogP contribution >= 0.6 is 0 Å². The summed E-state index contributed by atoms with van der Waals surface area (Å²) in [6, 6.07) is 0. The Morgan fingerprint density at radius 3 is 2.50 bits per heavy atom. The lowest BCUT2D eigenvalue weighted by atomic mass is 10.4. The normalized spacial score (nSPS) is 21.3. The van der Waals surface area contributed by atoms with E-state index in [-0.39, 0.29) is 6.61 Å². The van der Waals surface area contributed by atoms with Gasteiger partial charge in [-0.1, -0.05) is 0 Å². The predicted molar refractivity (Wildman–Crippen MR) is 43.6 cm³/mol. The Morgan fingerprint density at radius 1 is 1.58 bits per heavy atom. The van der Waals surface area contributed by atoms with Crippen molar-refractivity contribution in [3.05, 3.63) is 0 Å². The van der Waals surface area contributed by atoms with E-state index in [1.54, 1.807) is 0 Å². The molecule has 0 amide bonds. The second-order valence-electron chi connectivity index (χ2n) is 2.50. The number of hydrogen-bond acceptors (Lipinski definition) is 4. The molecule has 1 heterocycles. The van der Waals surface area contributed by atoms with Crippen molar-refractivity contribution in [2.75, 3.05) is 13.2 Å². The third-order valence-corrected chi connectivity index (χ3v) is 1.39. The lowest BCUT2D eigenvalue weighted by molar-refractivity contribution is -0.108. The van der Waals surface area contributed by atoms with Crippen molar-refractivity contribution in [3.8, 4) is 0 Å². The van der Waals surface area contributed by atoms with Crippen molar-refractivity contribution in [2.24, 2.45) is 0 Å². The quantitative estimate of drug-likeness (QED) is 0.472. The number of rotatable bonds is 3. The van der Waals surface area contributed by atoms with Crippen LogP contribution in [-0.2, 0) is 9.53 Å². The monoisotopic (exact) mass is 176 g/mol. The van der Waals surface area contributed by atoms with Crippen LogP contribution in [0.15, 0.2) is 0 Å². The molecule has 1 saturated heterocycles. The van der Waals surface area contributed by atoms with Crippen molar-refractivity contribution < 1.29 is 19.7 Å². The molecule has 0 aromatic carbocycles. The van der Waals surface area contributed by atoms with Gasteiger partial charge in [0.25, 0.3) is 0 Å². The minimum atomic E-state index is -0.454. The fourth-order valence-electron chi connectivity index (χ4n) is 0.735. The zero-order chi connectivity index (χ0) is 9.23. The van der Waals surface area contributed by atoms with Crippen LogP contribution in [0, 0.1) is 0 Å². The van der Waals surface area contributed by atoms with E-state index in [1.807, 2.05) is 0 Å². The number of carbonyl (C=O) groups is 1. The van der Waals surface area contributed by atoms with E-state index in [9.17, 15) is 4.79 Å². The van der Waals surface area contributed by atoms with E-state index in [0.29, 0.717) is 12.8 Å². The molecule has 4 heteroatoms. The maximum absolute atomic E-state index is 9.45. The van der Waals surface area contributed by atoms with E-state index >= 15 is 0 Å². The molecule has 0 bridgehead atoms. The molecule has 0 aliphatic carbocycles. The SMILES string of the molecule is O=CCCCO.OC1CCCO1. The topological polar surface area (TPSA) is 66.8 Å². The van der Waals surface area contributed by atoms with Gasteiger partial charge in [0.2, 0.25) is 0 Å². The van der Waals surface area contributed by atoms with Crippen LogP contribution in [0.2, 0.25) is 0 Å². The van der Waals surface area contributed by atoms with Crippen molar-refractivity contribution in [3.63, 3.8) is 0 Å². The second kappa shape index (κ2) is 8.64. The zero-order valence-corrected chi connectivity index (χ0v) is 7.11. The molecule has 1 aliphatic heterocycles. The Balaban J connectivity index is 0.000000202. The maximum Gasteiger partial charge on any atom is 0.154 e. The summed E-state index contributed by atoms with van der Waals surface area (Å²) in [6.07, 6.45) is 3.27. The number of aliphatic hydroxyl groups excluding tert-OH is 2. The van der Waals surface area contributed by atoms with Crippen LogP contribution in [-0.4, -0.2) is 36.0 Å². The molecular formula is C8H16O4. The highest BCUT2D eigenvalue weighted by Gasteiger charge is 2.09. The molecule has 1 fully saturated rings. The lowest BCUT2D eigenvalue weighted by Crippen LogP contribution is -1.99. The van der Waals surface area contributed by atoms with Crippen LogP contribution in [0.3, 0.4) is 0 Å². The van der Waals surface area contributed by atoms with Crippen LogP contribution < -0.4 is 0 Å². The molecule has 1 aliphatic rings. The van der Waals surface area contributed by atoms with Crippen LogP contribution in [0.5, 0.6) is 0 Å². The lowest BCUT2D eigenvalue weighted by Gasteiger charge is -1.93. The molecule has 0 aromatic rings. The number of carbonyl (C=O) groups excluding carboxylic acids is 1. The first-order chi connectivity index (χ1) is 5.81. The molecule has 4 nitrogen and oxygen atoms in total. The van der Waals surface area contributed by atoms with E-state index in [0.717, 1.165) is 25.7 Å². The highest BCUT2D eigenvalue weighted by molar-refractivity contribution is 5.48. The molecule has 1 rings (SSSR count). The van der Waals surface area contributed by atoms with E-state index in [4.69, 9.17) is 14.9 Å². The van der Waals surface area contributed by atoms with Gasteiger partial charge in [0, 0.05) is 26.1 Å². The fraction of sp³-hybridized carbons (Fsp3) is 0.875. The van der Waals surface area contributed by atoms with Gasteiger partial charge in [-0.3, -0.25) is 0 Å². The molecule has 0 saturated carbocycles. The predicted octanol–water partition coefficient (Wildman–Crippen LogP) is 0.0730. The minimum absolute atomic E-state index is 0.124. The van der Waals surface area contributed by atoms with E-state index in [2.05, 4.69) is 0 Å². The van der Waals surface area contributed by atoms with Crippen LogP contribution in [0.4, 0.5) is 0 Å². The molecule has 12 heavy (non-hydrogen) atoms. The van der Waals surface area contributed by atoms with Crippen molar-refractivity contribution in [2.45, 2.75) is 32.0 Å². The first kappa shape index (κ1) is 11.6. The summed E-state index contributed by atoms with van der Waals surface area (Å²) in [5, 5.41) is 16.5. The van der Waals surface area contributed by atoms with Gasteiger partial charge in [0.15, 0.2) is 6.29 Å². The molecular weight excluding hydrogens is 160 g/mol. The summed E-state index contributed by atoms with van der Waals surface area (Å²) >= 11 is 0. The van der Waals surface area contributed by atoms with E-state index in [1.165, 1.54) is 0 Å². The summed E-state index contributed by atoms with van der Waals surface area (Å²) < 4.78 is 4.71. The zero-order valence-electron chi connectivity index (χ0n) is 7.11. The fourth-order valence-corrected chi connectivity index (χ4v) is 0.735. The summed E-state index contributed by atoms with van der Waals surface area (Å²) in [4.78, 5) is 9.45. The van der Waals surface area contributed by atoms with Crippen LogP contribution in [0.1, 0.15) is 25.7 Å². The third kappa shape index (κ3) is 7.65. The first-order valence-electron chi connectivity index (χ1n) is 4.15. The molecule has 2 N–H and O–H groups in total. The summed E-state index contributed by atoms with van der Waals surface area (Å²) in [7, 11) is 0. The number of unbranched alkanes of at least 4 members (excludes halogenated alkanes) is 1. The standard InChI is InChI=1S/2C4H8O2/c5-4-2-1-3-6-4;5-3-1-2-4-6/h4-5H,1-3H2;3,6H,1-2,4H2. The highest BCUT2D eigenvalue weighted by atomic mass is 16.6. The summed E-state index contributed by atoms with van der Waals surface area (Å²) in [5.74, 6) is 0. The Bertz CT molecular complexity index is 99.2. The average Bonchev–Trinajstić information content (AvgIpc) is 2.53. The number of ether oxygens (including phenoxy) is 1. The van der Waals surface area contributed by atoms with Gasteiger partial charge in [-0.05, 0) is 12.8 Å². The number of aliphatic hydroxyl groups is 2. The Morgan fingerprint density at radius 2 is 2.33 bits per heavy atom. The molecule has 72 valence electrons. The second-order valence-corrected chi connectivity index (χ2v) is 2.50. The van der Waals surface area contributed by atoms with Gasteiger partial charge >= 0.3 is 0 Å². The minimum Gasteiger partial charge on any atom is -0.396 e. The highest BCUT2D eigenvalue weighted by Crippen LogP contribution is 2.06. The van der Waals surface area contributed by atoms with Gasteiger partial charge < -0.3 is 19.7 Å². The third-order valence-electron chi connectivity index (χ3n) is 1.39. The van der Waals surface area contributed by atoms with E-state index < -0.39 is 6.29 Å². The smallest absolute Gasteiger partial charge is 0.154 e. The van der Waals surface area contributed by atoms with Gasteiger partial charge in [0.1, 0.15) is 6.29 Å². The first-order valence-corrected chi connectivity index (χ1v) is 4.15. The molecule has 1 atom stereocenters. The molecule has 0 aromatic heterocycles. The van der Waals surface area contributed by atoms with Gasteiger partial charge in [-0.15, -0.1) is 0 Å². The van der Waals surface area contributed by atoms with Crippen molar-refractivity contribution in [1.82, 2.24) is 0 Å². The maximum atomic E-state index is 9.45. The molecule has 0 spiro atoms. The van der Waals surface area contributed by atoms with Crippen molar-refractivity contribution in [1.29, 1.82) is 0 Å². The average molecular weight is 176 g/mol. The molecule has 0 radical (unpaired) electrons. The van der Waals surface area contributed by atoms with Crippen LogP contribution in [0.25, 0.3) is 0 Å². The number of aldehydes is 1. The summed E-state index contributed by atoms with van der Waals surface area (Å²) in [5.41, 5.74) is 0. The Kier molecular flexibility index (Phi) is 8.32. The Labute approximate surface area is 72.2 Å². The summed E-state index contributed by atoms with van der Waals surface area (Å²) in [6.45, 7) is 0.861. The van der Waals surface area contributed by atoms with Gasteiger partial charge in [-0.25, -0.2) is 0 Å². The number of hydrogen-bond donors (Lipinski definition) is 2. The van der Waals surface area contributed by atoms with Crippen molar-refractivity contribution >= 4 is 6.29 Å².